The maximum Gasteiger partial charge on any atom is 0.205 e. The van der Waals surface area contributed by atoms with Gasteiger partial charge in [0.2, 0.25) is 5.78 Å². The Bertz CT molecular complexity index is 722. The summed E-state index contributed by atoms with van der Waals surface area (Å²) in [4.78, 5) is 16.6. The molecule has 0 spiro atoms. The van der Waals surface area contributed by atoms with E-state index in [1.165, 1.54) is 16.9 Å². The number of aryl methyl sites for hydroxylation is 2. The molecule has 3 heteroatoms. The van der Waals surface area contributed by atoms with Crippen LogP contribution < -0.4 is 0 Å². The van der Waals surface area contributed by atoms with Crippen molar-refractivity contribution >= 4 is 28.0 Å². The van der Waals surface area contributed by atoms with E-state index in [0.717, 1.165) is 27.0 Å². The number of rotatable bonds is 2. The third kappa shape index (κ3) is 1.68. The molecule has 2 nitrogen and oxygen atoms in total. The number of hydrogen-bond donors (Lipinski definition) is 1. The smallest absolute Gasteiger partial charge is 0.205 e. The summed E-state index contributed by atoms with van der Waals surface area (Å²) in [5.41, 5.74) is 3.94. The maximum absolute atomic E-state index is 12.5. The van der Waals surface area contributed by atoms with E-state index in [-0.39, 0.29) is 5.78 Å². The molecule has 18 heavy (non-hydrogen) atoms. The molecule has 90 valence electrons. The number of aromatic nitrogens is 1. The molecule has 0 amide bonds. The molecule has 0 aliphatic heterocycles. The maximum atomic E-state index is 12.5. The van der Waals surface area contributed by atoms with Gasteiger partial charge in [-0.25, -0.2) is 0 Å². The van der Waals surface area contributed by atoms with Gasteiger partial charge in [0.1, 0.15) is 0 Å². The summed E-state index contributed by atoms with van der Waals surface area (Å²) in [6, 6.07) is 9.94. The van der Waals surface area contributed by atoms with E-state index in [1.54, 1.807) is 0 Å². The highest BCUT2D eigenvalue weighted by Gasteiger charge is 2.18. The average molecular weight is 255 g/mol. The molecule has 0 fully saturated rings. The molecule has 1 N–H and O–H groups in total. The zero-order valence-corrected chi connectivity index (χ0v) is 11.1. The van der Waals surface area contributed by atoms with E-state index in [0.29, 0.717) is 0 Å². The molecular formula is C15H13NOS. The van der Waals surface area contributed by atoms with Crippen LogP contribution in [0.3, 0.4) is 0 Å². The Kier molecular flexibility index (Phi) is 2.56. The molecule has 3 rings (SSSR count). The Morgan fingerprint density at radius 1 is 1.22 bits per heavy atom. The minimum atomic E-state index is 0.111. The average Bonchev–Trinajstić information content (AvgIpc) is 2.94. The number of H-pyrrole nitrogens is 1. The van der Waals surface area contributed by atoms with E-state index >= 15 is 0 Å². The number of nitrogens with one attached hydrogen (secondary N) is 1. The van der Waals surface area contributed by atoms with Gasteiger partial charge in [-0.15, -0.1) is 11.3 Å². The normalized spacial score (nSPS) is 11.0. The second-order valence-electron chi connectivity index (χ2n) is 4.48. The molecule has 0 atom stereocenters. The summed E-state index contributed by atoms with van der Waals surface area (Å²) in [7, 11) is 0. The van der Waals surface area contributed by atoms with Crippen LogP contribution >= 0.6 is 11.3 Å². The molecule has 0 bridgehead atoms. The highest BCUT2D eigenvalue weighted by atomic mass is 32.1. The fourth-order valence-corrected chi connectivity index (χ4v) is 2.93. The molecule has 0 aliphatic rings. The molecule has 0 saturated heterocycles. The lowest BCUT2D eigenvalue weighted by molar-refractivity contribution is 0.104. The van der Waals surface area contributed by atoms with Crippen LogP contribution in [0.25, 0.3) is 10.9 Å². The van der Waals surface area contributed by atoms with Crippen LogP contribution in [0.2, 0.25) is 0 Å². The van der Waals surface area contributed by atoms with Crippen molar-refractivity contribution in [3.8, 4) is 0 Å². The first-order valence-electron chi connectivity index (χ1n) is 5.84. The molecule has 0 radical (unpaired) electrons. The molecule has 0 saturated carbocycles. The van der Waals surface area contributed by atoms with Gasteiger partial charge >= 0.3 is 0 Å². The monoisotopic (exact) mass is 255 g/mol. The topological polar surface area (TPSA) is 32.9 Å². The van der Waals surface area contributed by atoms with Crippen molar-refractivity contribution in [3.63, 3.8) is 0 Å². The van der Waals surface area contributed by atoms with E-state index in [2.05, 4.69) is 17.1 Å². The Labute approximate surface area is 109 Å². The number of benzene rings is 1. The third-order valence-electron chi connectivity index (χ3n) is 3.11. The van der Waals surface area contributed by atoms with Crippen molar-refractivity contribution < 1.29 is 4.79 Å². The number of thiophene rings is 1. The quantitative estimate of drug-likeness (QED) is 0.688. The van der Waals surface area contributed by atoms with Crippen LogP contribution in [0.15, 0.2) is 35.7 Å². The van der Waals surface area contributed by atoms with Crippen molar-refractivity contribution in [2.75, 3.05) is 0 Å². The van der Waals surface area contributed by atoms with E-state index in [4.69, 9.17) is 0 Å². The number of hydrogen-bond acceptors (Lipinski definition) is 2. The standard InChI is InChI=1S/C15H13NOS/c1-9-5-6-12-11(8-9)14(10(2)16-12)15(17)13-4-3-7-18-13/h3-8,16H,1-2H3. The number of aromatic amines is 1. The van der Waals surface area contributed by atoms with Gasteiger partial charge in [-0.2, -0.15) is 0 Å². The molecule has 2 heterocycles. The largest absolute Gasteiger partial charge is 0.358 e. The summed E-state index contributed by atoms with van der Waals surface area (Å²) >= 11 is 1.49. The molecule has 0 aliphatic carbocycles. The molecule has 2 aromatic heterocycles. The zero-order chi connectivity index (χ0) is 12.7. The summed E-state index contributed by atoms with van der Waals surface area (Å²) in [5.74, 6) is 0.111. The van der Waals surface area contributed by atoms with Crippen LogP contribution in [0, 0.1) is 13.8 Å². The number of fused-ring (bicyclic) bond motifs is 1. The lowest BCUT2D eigenvalue weighted by Crippen LogP contribution is -1.99. The second-order valence-corrected chi connectivity index (χ2v) is 5.43. The molecule has 3 aromatic rings. The van der Waals surface area contributed by atoms with E-state index < -0.39 is 0 Å². The molecule has 1 aromatic carbocycles. The Balaban J connectivity index is 2.25. The van der Waals surface area contributed by atoms with Crippen molar-refractivity contribution in [1.29, 1.82) is 0 Å². The van der Waals surface area contributed by atoms with Crippen molar-refractivity contribution in [3.05, 3.63) is 57.4 Å². The van der Waals surface area contributed by atoms with Gasteiger partial charge in [0.05, 0.1) is 10.4 Å². The van der Waals surface area contributed by atoms with Crippen LogP contribution in [-0.2, 0) is 0 Å². The van der Waals surface area contributed by atoms with Crippen LogP contribution in [-0.4, -0.2) is 10.8 Å². The summed E-state index contributed by atoms with van der Waals surface area (Å²) in [5, 5.41) is 2.95. The summed E-state index contributed by atoms with van der Waals surface area (Å²) in [6.07, 6.45) is 0. The van der Waals surface area contributed by atoms with E-state index in [1.807, 2.05) is 37.4 Å². The molecule has 0 unspecified atom stereocenters. The predicted molar refractivity (Wildman–Crippen MR) is 75.5 cm³/mol. The lowest BCUT2D eigenvalue weighted by atomic mass is 10.0. The number of carbonyl (C=O) groups excluding carboxylic acids is 1. The zero-order valence-electron chi connectivity index (χ0n) is 10.3. The van der Waals surface area contributed by atoms with Gasteiger partial charge in [-0.05, 0) is 37.4 Å². The minimum absolute atomic E-state index is 0.111. The van der Waals surface area contributed by atoms with E-state index in [9.17, 15) is 4.79 Å². The van der Waals surface area contributed by atoms with Crippen molar-refractivity contribution in [2.45, 2.75) is 13.8 Å². The second kappa shape index (κ2) is 4.10. The fraction of sp³-hybridized carbons (Fsp3) is 0.133. The summed E-state index contributed by atoms with van der Waals surface area (Å²) in [6.45, 7) is 4.00. The first-order chi connectivity index (χ1) is 8.66. The Morgan fingerprint density at radius 3 is 2.78 bits per heavy atom. The van der Waals surface area contributed by atoms with Crippen molar-refractivity contribution in [2.24, 2.45) is 0 Å². The van der Waals surface area contributed by atoms with Crippen LogP contribution in [0.4, 0.5) is 0 Å². The number of carbonyl (C=O) groups is 1. The van der Waals surface area contributed by atoms with Gasteiger partial charge in [-0.1, -0.05) is 17.7 Å². The summed E-state index contributed by atoms with van der Waals surface area (Å²) < 4.78 is 0. The van der Waals surface area contributed by atoms with Gasteiger partial charge < -0.3 is 4.98 Å². The van der Waals surface area contributed by atoms with Crippen LogP contribution in [0.5, 0.6) is 0 Å². The molecular weight excluding hydrogens is 242 g/mol. The Morgan fingerprint density at radius 2 is 2.06 bits per heavy atom. The van der Waals surface area contributed by atoms with Gasteiger partial charge in [0.15, 0.2) is 0 Å². The Hall–Kier alpha value is -1.87. The predicted octanol–water partition coefficient (Wildman–Crippen LogP) is 4.08. The van der Waals surface area contributed by atoms with Crippen molar-refractivity contribution in [1.82, 2.24) is 4.98 Å². The fourth-order valence-electron chi connectivity index (χ4n) is 2.26. The SMILES string of the molecule is Cc1ccc2[nH]c(C)c(C(=O)c3cccs3)c2c1. The highest BCUT2D eigenvalue weighted by molar-refractivity contribution is 7.12. The first kappa shape index (κ1) is 11.2. The van der Waals surface area contributed by atoms with Crippen LogP contribution in [0.1, 0.15) is 26.5 Å². The first-order valence-corrected chi connectivity index (χ1v) is 6.72. The van der Waals surface area contributed by atoms with Gasteiger partial charge in [0, 0.05) is 16.6 Å². The van der Waals surface area contributed by atoms with Gasteiger partial charge in [-0.3, -0.25) is 4.79 Å². The highest BCUT2D eigenvalue weighted by Crippen LogP contribution is 2.27. The minimum Gasteiger partial charge on any atom is -0.358 e. The lowest BCUT2D eigenvalue weighted by Gasteiger charge is -1.99. The third-order valence-corrected chi connectivity index (χ3v) is 3.98. The number of ketones is 1. The van der Waals surface area contributed by atoms with Gasteiger partial charge in [0.25, 0.3) is 0 Å².